The highest BCUT2D eigenvalue weighted by molar-refractivity contribution is 6.00. The Kier molecular flexibility index (Phi) is 3.43. The van der Waals surface area contributed by atoms with Gasteiger partial charge >= 0.3 is 0 Å². The lowest BCUT2D eigenvalue weighted by Gasteiger charge is -2.27. The quantitative estimate of drug-likeness (QED) is 0.908. The molecule has 104 valence electrons. The summed E-state index contributed by atoms with van der Waals surface area (Å²) in [7, 11) is 1.83. The first-order valence-corrected chi connectivity index (χ1v) is 6.80. The summed E-state index contributed by atoms with van der Waals surface area (Å²) in [4.78, 5) is 14.3. The Morgan fingerprint density at radius 1 is 1.21 bits per heavy atom. The van der Waals surface area contributed by atoms with Crippen LogP contribution < -0.4 is 4.90 Å². The van der Waals surface area contributed by atoms with E-state index in [-0.39, 0.29) is 12.5 Å². The Morgan fingerprint density at radius 2 is 1.68 bits per heavy atom. The fourth-order valence-corrected chi connectivity index (χ4v) is 2.75. The fraction of sp³-hybridized carbons (Fsp3) is 0.562. The molecule has 0 bridgehead atoms. The third kappa shape index (κ3) is 2.16. The molecule has 1 aliphatic rings. The highest BCUT2D eigenvalue weighted by Crippen LogP contribution is 2.47. The van der Waals surface area contributed by atoms with E-state index in [1.807, 2.05) is 7.05 Å². The number of carbonyl (C=O) groups excluding carboxylic acids is 1. The molecule has 3 heteroatoms. The maximum atomic E-state index is 12.6. The molecule has 0 atom stereocenters. The molecule has 3 nitrogen and oxygen atoms in total. The highest BCUT2D eigenvalue weighted by atomic mass is 16.3. The summed E-state index contributed by atoms with van der Waals surface area (Å²) in [6.07, 6.45) is 1.60. The molecule has 1 aromatic carbocycles. The normalized spacial score (nSPS) is 16.3. The number of hydrogen-bond donors (Lipinski definition) is 1. The van der Waals surface area contributed by atoms with Gasteiger partial charge in [0.25, 0.3) is 0 Å². The minimum atomic E-state index is -0.509. The second-order valence-corrected chi connectivity index (χ2v) is 5.91. The monoisotopic (exact) mass is 261 g/mol. The van der Waals surface area contributed by atoms with Crippen molar-refractivity contribution in [3.8, 4) is 0 Å². The van der Waals surface area contributed by atoms with Crippen molar-refractivity contribution >= 4 is 11.6 Å². The van der Waals surface area contributed by atoms with Gasteiger partial charge < -0.3 is 10.0 Å². The summed E-state index contributed by atoms with van der Waals surface area (Å²) in [5, 5.41) is 9.42. The molecule has 0 aromatic heterocycles. The first-order valence-electron chi connectivity index (χ1n) is 6.80. The lowest BCUT2D eigenvalue weighted by Crippen LogP contribution is -2.37. The van der Waals surface area contributed by atoms with Crippen LogP contribution in [0.5, 0.6) is 0 Å². The van der Waals surface area contributed by atoms with Gasteiger partial charge in [-0.1, -0.05) is 6.07 Å². The Labute approximate surface area is 115 Å². The third-order valence-electron chi connectivity index (χ3n) is 4.58. The lowest BCUT2D eigenvalue weighted by atomic mass is 9.96. The number of amides is 1. The fourth-order valence-electron chi connectivity index (χ4n) is 2.75. The molecular formula is C16H23NO2. The van der Waals surface area contributed by atoms with Gasteiger partial charge in [-0.3, -0.25) is 4.79 Å². The van der Waals surface area contributed by atoms with E-state index in [0.717, 1.165) is 29.7 Å². The molecule has 0 heterocycles. The average Bonchev–Trinajstić information content (AvgIpc) is 3.16. The number of aliphatic hydroxyl groups is 1. The average molecular weight is 261 g/mol. The molecule has 0 aliphatic heterocycles. The third-order valence-corrected chi connectivity index (χ3v) is 4.58. The Hall–Kier alpha value is -1.35. The van der Waals surface area contributed by atoms with E-state index in [1.165, 1.54) is 11.1 Å². The molecule has 1 N–H and O–H groups in total. The van der Waals surface area contributed by atoms with Crippen molar-refractivity contribution in [3.05, 3.63) is 28.3 Å². The molecular weight excluding hydrogens is 238 g/mol. The number of carbonyl (C=O) groups is 1. The van der Waals surface area contributed by atoms with Crippen molar-refractivity contribution in [2.45, 2.75) is 40.5 Å². The van der Waals surface area contributed by atoms with Crippen molar-refractivity contribution in [3.63, 3.8) is 0 Å². The van der Waals surface area contributed by atoms with Gasteiger partial charge in [0.15, 0.2) is 0 Å². The van der Waals surface area contributed by atoms with Crippen LogP contribution in [0, 0.1) is 33.1 Å². The molecule has 1 saturated carbocycles. The summed E-state index contributed by atoms with van der Waals surface area (Å²) in [5.74, 6) is 0.0474. The molecule has 1 aliphatic carbocycles. The van der Waals surface area contributed by atoms with E-state index >= 15 is 0 Å². The lowest BCUT2D eigenvalue weighted by molar-refractivity contribution is -0.124. The topological polar surface area (TPSA) is 40.5 Å². The minimum absolute atomic E-state index is 0.0426. The van der Waals surface area contributed by atoms with Crippen LogP contribution in [0.15, 0.2) is 6.07 Å². The first kappa shape index (κ1) is 14.1. The van der Waals surface area contributed by atoms with Crippen LogP contribution in [-0.4, -0.2) is 24.7 Å². The number of aryl methyl sites for hydroxylation is 2. The van der Waals surface area contributed by atoms with E-state index in [2.05, 4.69) is 33.8 Å². The summed E-state index contributed by atoms with van der Waals surface area (Å²) in [5.41, 5.74) is 5.19. The number of anilines is 1. The van der Waals surface area contributed by atoms with E-state index in [4.69, 9.17) is 0 Å². The summed E-state index contributed by atoms with van der Waals surface area (Å²) < 4.78 is 0. The maximum absolute atomic E-state index is 12.6. The van der Waals surface area contributed by atoms with Crippen LogP contribution in [0.25, 0.3) is 0 Å². The van der Waals surface area contributed by atoms with Crippen LogP contribution >= 0.6 is 0 Å². The standard InChI is InChI=1S/C16H23NO2/c1-10-8-11(2)13(4)14(12(10)3)17(5)15(19)16(9-18)6-7-16/h8,18H,6-7,9H2,1-5H3. The van der Waals surface area contributed by atoms with Crippen molar-refractivity contribution in [2.75, 3.05) is 18.6 Å². The molecule has 2 rings (SSSR count). The second kappa shape index (κ2) is 4.64. The maximum Gasteiger partial charge on any atom is 0.235 e. The molecule has 1 aromatic rings. The SMILES string of the molecule is Cc1cc(C)c(C)c(N(C)C(=O)C2(CO)CC2)c1C. The van der Waals surface area contributed by atoms with Crippen molar-refractivity contribution in [1.82, 2.24) is 0 Å². The number of hydrogen-bond acceptors (Lipinski definition) is 2. The number of nitrogens with zero attached hydrogens (tertiary/aromatic N) is 1. The van der Waals surface area contributed by atoms with Gasteiger partial charge in [-0.2, -0.15) is 0 Å². The Bertz CT molecular complexity index is 504. The van der Waals surface area contributed by atoms with Crippen molar-refractivity contribution < 1.29 is 9.90 Å². The number of benzene rings is 1. The van der Waals surface area contributed by atoms with Crippen molar-refractivity contribution in [2.24, 2.45) is 5.41 Å². The van der Waals surface area contributed by atoms with Gasteiger partial charge in [-0.25, -0.2) is 0 Å². The summed E-state index contributed by atoms with van der Waals surface area (Å²) in [6, 6.07) is 2.16. The molecule has 19 heavy (non-hydrogen) atoms. The van der Waals surface area contributed by atoms with Gasteiger partial charge in [0, 0.05) is 12.7 Å². The molecule has 0 radical (unpaired) electrons. The summed E-state index contributed by atoms with van der Waals surface area (Å²) in [6.45, 7) is 8.21. The van der Waals surface area contributed by atoms with Gasteiger partial charge in [0.05, 0.1) is 12.0 Å². The van der Waals surface area contributed by atoms with Crippen LogP contribution in [0.1, 0.15) is 35.1 Å². The Balaban J connectivity index is 2.45. The van der Waals surface area contributed by atoms with E-state index < -0.39 is 5.41 Å². The molecule has 0 saturated heterocycles. The largest absolute Gasteiger partial charge is 0.395 e. The van der Waals surface area contributed by atoms with E-state index in [1.54, 1.807) is 4.90 Å². The van der Waals surface area contributed by atoms with Crippen LogP contribution in [0.3, 0.4) is 0 Å². The smallest absolute Gasteiger partial charge is 0.235 e. The Morgan fingerprint density at radius 3 is 2.05 bits per heavy atom. The zero-order valence-electron chi connectivity index (χ0n) is 12.5. The zero-order chi connectivity index (χ0) is 14.4. The van der Waals surface area contributed by atoms with Crippen LogP contribution in [0.4, 0.5) is 5.69 Å². The van der Waals surface area contributed by atoms with Crippen LogP contribution in [-0.2, 0) is 4.79 Å². The van der Waals surface area contributed by atoms with Crippen molar-refractivity contribution in [1.29, 1.82) is 0 Å². The highest BCUT2D eigenvalue weighted by Gasteiger charge is 2.51. The summed E-state index contributed by atoms with van der Waals surface area (Å²) >= 11 is 0. The van der Waals surface area contributed by atoms with E-state index in [9.17, 15) is 9.90 Å². The van der Waals surface area contributed by atoms with Gasteiger partial charge in [0.2, 0.25) is 5.91 Å². The van der Waals surface area contributed by atoms with Gasteiger partial charge in [-0.05, 0) is 62.8 Å². The van der Waals surface area contributed by atoms with E-state index in [0.29, 0.717) is 0 Å². The predicted octanol–water partition coefficient (Wildman–Crippen LogP) is 2.66. The molecule has 1 fully saturated rings. The first-order chi connectivity index (χ1) is 8.84. The zero-order valence-corrected chi connectivity index (χ0v) is 12.5. The second-order valence-electron chi connectivity index (χ2n) is 5.91. The molecule has 0 spiro atoms. The van der Waals surface area contributed by atoms with Crippen LogP contribution in [0.2, 0.25) is 0 Å². The number of rotatable bonds is 3. The minimum Gasteiger partial charge on any atom is -0.395 e. The number of aliphatic hydroxyl groups excluding tert-OH is 1. The van der Waals surface area contributed by atoms with Gasteiger partial charge in [0.1, 0.15) is 0 Å². The predicted molar refractivity (Wildman–Crippen MR) is 77.6 cm³/mol. The van der Waals surface area contributed by atoms with Gasteiger partial charge in [-0.15, -0.1) is 0 Å². The molecule has 1 amide bonds. The molecule has 0 unspecified atom stereocenters.